The predicted octanol–water partition coefficient (Wildman–Crippen LogP) is 2.52. The summed E-state index contributed by atoms with van der Waals surface area (Å²) < 4.78 is 0. The molecule has 0 radical (unpaired) electrons. The van der Waals surface area contributed by atoms with Crippen LogP contribution in [0.5, 0.6) is 0 Å². The average Bonchev–Trinajstić information content (AvgIpc) is 2.93. The van der Waals surface area contributed by atoms with Crippen LogP contribution in [-0.2, 0) is 5.41 Å². The van der Waals surface area contributed by atoms with Gasteiger partial charge in [0, 0.05) is 23.8 Å². The largest absolute Gasteiger partial charge is 0.387 e. The zero-order valence-electron chi connectivity index (χ0n) is 13.6. The molecular weight excluding hydrogens is 296 g/mol. The van der Waals surface area contributed by atoms with E-state index in [0.29, 0.717) is 12.3 Å². The summed E-state index contributed by atoms with van der Waals surface area (Å²) >= 11 is 1.73. The van der Waals surface area contributed by atoms with Crippen molar-refractivity contribution in [3.8, 4) is 0 Å². The van der Waals surface area contributed by atoms with E-state index in [1.807, 2.05) is 25.1 Å². The van der Waals surface area contributed by atoms with E-state index in [-0.39, 0.29) is 17.5 Å². The molecule has 1 aliphatic heterocycles. The van der Waals surface area contributed by atoms with Gasteiger partial charge in [0.2, 0.25) is 0 Å². The van der Waals surface area contributed by atoms with Crippen LogP contribution in [0.1, 0.15) is 32.8 Å². The molecule has 1 heterocycles. The first kappa shape index (κ1) is 17.2. The maximum atomic E-state index is 12.1. The molecule has 0 bridgehead atoms. The van der Waals surface area contributed by atoms with Crippen molar-refractivity contribution in [2.75, 3.05) is 18.1 Å². The fraction of sp³-hybridized carbons (Fsp3) is 0.588. The summed E-state index contributed by atoms with van der Waals surface area (Å²) in [5, 5.41) is 16.0. The number of aliphatic hydroxyl groups is 1. The van der Waals surface area contributed by atoms with E-state index in [4.69, 9.17) is 0 Å². The number of urea groups is 1. The molecule has 2 atom stereocenters. The molecule has 122 valence electrons. The van der Waals surface area contributed by atoms with Crippen molar-refractivity contribution in [1.82, 2.24) is 10.6 Å². The van der Waals surface area contributed by atoms with Crippen molar-refractivity contribution in [3.63, 3.8) is 0 Å². The number of amides is 2. The van der Waals surface area contributed by atoms with Gasteiger partial charge in [0.05, 0.1) is 5.60 Å². The molecule has 1 fully saturated rings. The quantitative estimate of drug-likeness (QED) is 0.780. The third-order valence-corrected chi connectivity index (χ3v) is 5.84. The summed E-state index contributed by atoms with van der Waals surface area (Å²) in [7, 11) is 0. The van der Waals surface area contributed by atoms with Crippen LogP contribution in [0.2, 0.25) is 0 Å². The highest BCUT2D eigenvalue weighted by molar-refractivity contribution is 7.99. The summed E-state index contributed by atoms with van der Waals surface area (Å²) in [6, 6.07) is 9.92. The van der Waals surface area contributed by atoms with E-state index in [1.54, 1.807) is 11.8 Å². The zero-order chi connectivity index (χ0) is 16.2. The number of benzene rings is 1. The number of hydrogen-bond acceptors (Lipinski definition) is 3. The van der Waals surface area contributed by atoms with Gasteiger partial charge in [0.15, 0.2) is 0 Å². The molecule has 0 aliphatic carbocycles. The van der Waals surface area contributed by atoms with Crippen LogP contribution in [0.15, 0.2) is 30.3 Å². The standard InChI is InChI=1S/C17H26N2O2S/c1-13(16(2,3)14-7-5-4-6-8-14)19-15(20)18-11-17(21)9-10-22-12-17/h4-8,13,21H,9-12H2,1-3H3,(H2,18,19,20). The van der Waals surface area contributed by atoms with Gasteiger partial charge in [0.25, 0.3) is 0 Å². The van der Waals surface area contributed by atoms with Crippen molar-refractivity contribution < 1.29 is 9.90 Å². The van der Waals surface area contributed by atoms with Crippen LogP contribution in [0.25, 0.3) is 0 Å². The molecule has 3 N–H and O–H groups in total. The Morgan fingerprint density at radius 1 is 1.41 bits per heavy atom. The zero-order valence-corrected chi connectivity index (χ0v) is 14.4. The Labute approximate surface area is 137 Å². The highest BCUT2D eigenvalue weighted by Gasteiger charge is 2.33. The fourth-order valence-electron chi connectivity index (χ4n) is 2.53. The van der Waals surface area contributed by atoms with Gasteiger partial charge >= 0.3 is 6.03 Å². The van der Waals surface area contributed by atoms with Crippen molar-refractivity contribution >= 4 is 17.8 Å². The molecule has 1 aliphatic rings. The van der Waals surface area contributed by atoms with E-state index in [1.165, 1.54) is 5.56 Å². The maximum Gasteiger partial charge on any atom is 0.315 e. The van der Waals surface area contributed by atoms with E-state index < -0.39 is 5.60 Å². The van der Waals surface area contributed by atoms with Crippen LogP contribution in [0.4, 0.5) is 4.79 Å². The number of hydrogen-bond donors (Lipinski definition) is 3. The van der Waals surface area contributed by atoms with Crippen molar-refractivity contribution in [1.29, 1.82) is 0 Å². The Hall–Kier alpha value is -1.20. The molecule has 5 heteroatoms. The number of carbonyl (C=O) groups is 1. The van der Waals surface area contributed by atoms with Gasteiger partial charge in [-0.3, -0.25) is 0 Å². The Morgan fingerprint density at radius 3 is 2.68 bits per heavy atom. The SMILES string of the molecule is CC(NC(=O)NCC1(O)CCSC1)C(C)(C)c1ccccc1. The third kappa shape index (κ3) is 4.17. The van der Waals surface area contributed by atoms with E-state index in [0.717, 1.165) is 12.2 Å². The summed E-state index contributed by atoms with van der Waals surface area (Å²) in [6.07, 6.45) is 0.739. The minimum absolute atomic E-state index is 0.0255. The van der Waals surface area contributed by atoms with Crippen molar-refractivity contribution in [2.45, 2.75) is 44.2 Å². The van der Waals surface area contributed by atoms with Crippen LogP contribution in [0.3, 0.4) is 0 Å². The number of nitrogens with one attached hydrogen (secondary N) is 2. The van der Waals surface area contributed by atoms with Crippen LogP contribution in [-0.4, -0.2) is 40.8 Å². The molecular formula is C17H26N2O2S. The lowest BCUT2D eigenvalue weighted by atomic mass is 9.78. The lowest BCUT2D eigenvalue weighted by Gasteiger charge is -2.33. The van der Waals surface area contributed by atoms with Crippen LogP contribution >= 0.6 is 11.8 Å². The normalized spacial score (nSPS) is 23.1. The first-order valence-corrected chi connectivity index (χ1v) is 8.89. The number of rotatable bonds is 5. The Bertz CT molecular complexity index is 499. The van der Waals surface area contributed by atoms with Gasteiger partial charge < -0.3 is 15.7 Å². The van der Waals surface area contributed by atoms with E-state index in [2.05, 4.69) is 36.6 Å². The summed E-state index contributed by atoms with van der Waals surface area (Å²) in [6.45, 7) is 6.56. The van der Waals surface area contributed by atoms with Crippen molar-refractivity contribution in [3.05, 3.63) is 35.9 Å². The molecule has 2 rings (SSSR count). The second-order valence-electron chi connectivity index (χ2n) is 6.66. The Balaban J connectivity index is 1.88. The molecule has 4 nitrogen and oxygen atoms in total. The molecule has 1 aromatic carbocycles. The number of carbonyl (C=O) groups excluding carboxylic acids is 1. The Morgan fingerprint density at radius 2 is 2.09 bits per heavy atom. The average molecular weight is 322 g/mol. The lowest BCUT2D eigenvalue weighted by Crippen LogP contribution is -2.52. The molecule has 22 heavy (non-hydrogen) atoms. The molecule has 0 spiro atoms. The molecule has 2 amide bonds. The smallest absolute Gasteiger partial charge is 0.315 e. The predicted molar refractivity (Wildman–Crippen MR) is 92.4 cm³/mol. The van der Waals surface area contributed by atoms with Gasteiger partial charge in [-0.1, -0.05) is 44.2 Å². The van der Waals surface area contributed by atoms with Gasteiger partial charge in [-0.2, -0.15) is 11.8 Å². The monoisotopic (exact) mass is 322 g/mol. The lowest BCUT2D eigenvalue weighted by molar-refractivity contribution is 0.0697. The molecule has 1 saturated heterocycles. The van der Waals surface area contributed by atoms with Gasteiger partial charge in [-0.25, -0.2) is 4.79 Å². The second-order valence-corrected chi connectivity index (χ2v) is 7.77. The minimum Gasteiger partial charge on any atom is -0.387 e. The minimum atomic E-state index is -0.750. The van der Waals surface area contributed by atoms with Crippen LogP contribution in [0, 0.1) is 0 Å². The molecule has 0 saturated carbocycles. The van der Waals surface area contributed by atoms with Gasteiger partial charge in [-0.15, -0.1) is 0 Å². The summed E-state index contributed by atoms with van der Waals surface area (Å²) in [5.41, 5.74) is 0.271. The first-order chi connectivity index (χ1) is 10.3. The number of thioether (sulfide) groups is 1. The second kappa shape index (κ2) is 6.92. The van der Waals surface area contributed by atoms with Crippen molar-refractivity contribution in [2.24, 2.45) is 0 Å². The maximum absolute atomic E-state index is 12.1. The van der Waals surface area contributed by atoms with Gasteiger partial charge in [0.1, 0.15) is 0 Å². The third-order valence-electron chi connectivity index (χ3n) is 4.61. The van der Waals surface area contributed by atoms with E-state index in [9.17, 15) is 9.90 Å². The summed E-state index contributed by atoms with van der Waals surface area (Å²) in [4.78, 5) is 12.1. The topological polar surface area (TPSA) is 61.4 Å². The Kier molecular flexibility index (Phi) is 5.40. The van der Waals surface area contributed by atoms with Crippen LogP contribution < -0.4 is 10.6 Å². The first-order valence-electron chi connectivity index (χ1n) is 7.73. The molecule has 2 unspecified atom stereocenters. The van der Waals surface area contributed by atoms with Gasteiger partial charge in [-0.05, 0) is 24.7 Å². The van der Waals surface area contributed by atoms with E-state index >= 15 is 0 Å². The highest BCUT2D eigenvalue weighted by atomic mass is 32.2. The molecule has 1 aromatic rings. The summed E-state index contributed by atoms with van der Waals surface area (Å²) in [5.74, 6) is 1.65. The highest BCUT2D eigenvalue weighted by Crippen LogP contribution is 2.28. The molecule has 0 aromatic heterocycles. The fourth-order valence-corrected chi connectivity index (χ4v) is 3.82.